The lowest BCUT2D eigenvalue weighted by Gasteiger charge is -2.11. The van der Waals surface area contributed by atoms with Crippen LogP contribution < -0.4 is 5.32 Å². The first-order valence-corrected chi connectivity index (χ1v) is 6.30. The average molecular weight is 255 g/mol. The van der Waals surface area contributed by atoms with E-state index in [-0.39, 0.29) is 11.7 Å². The summed E-state index contributed by atoms with van der Waals surface area (Å²) in [6.07, 6.45) is 0.853. The van der Waals surface area contributed by atoms with Gasteiger partial charge in [-0.3, -0.25) is 4.79 Å². The summed E-state index contributed by atoms with van der Waals surface area (Å²) < 4.78 is 0. The number of carbonyl (C=O) groups excluding carboxylic acids is 1. The predicted molar refractivity (Wildman–Crippen MR) is 76.6 cm³/mol. The van der Waals surface area contributed by atoms with Gasteiger partial charge in [0.15, 0.2) is 0 Å². The number of amides is 1. The molecular weight excluding hydrogens is 238 g/mol. The molecule has 0 aliphatic rings. The van der Waals surface area contributed by atoms with Crippen LogP contribution in [0.4, 0.5) is 5.69 Å². The van der Waals surface area contributed by atoms with Gasteiger partial charge in [0.1, 0.15) is 5.75 Å². The number of anilines is 1. The molecule has 2 aromatic carbocycles. The van der Waals surface area contributed by atoms with E-state index in [0.29, 0.717) is 11.3 Å². The van der Waals surface area contributed by atoms with Gasteiger partial charge < -0.3 is 10.4 Å². The maximum Gasteiger partial charge on any atom is 0.255 e. The number of phenols is 1. The van der Waals surface area contributed by atoms with Crippen LogP contribution in [0.5, 0.6) is 5.75 Å². The van der Waals surface area contributed by atoms with Crippen molar-refractivity contribution in [2.24, 2.45) is 0 Å². The second-order valence-electron chi connectivity index (χ2n) is 4.47. The molecule has 0 aliphatic heterocycles. The predicted octanol–water partition coefficient (Wildman–Crippen LogP) is 3.52. The topological polar surface area (TPSA) is 49.3 Å². The molecular formula is C16H17NO2. The number of phenolic OH excluding ortho intramolecular Hbond substituents is 1. The lowest BCUT2D eigenvalue weighted by Crippen LogP contribution is -2.12. The number of hydrogen-bond donors (Lipinski definition) is 2. The minimum absolute atomic E-state index is 0.103. The molecule has 0 unspecified atom stereocenters. The molecule has 3 heteroatoms. The maximum absolute atomic E-state index is 12.0. The summed E-state index contributed by atoms with van der Waals surface area (Å²) in [6, 6.07) is 12.4. The molecule has 2 rings (SSSR count). The first-order chi connectivity index (χ1) is 9.11. The number of aromatic hydroxyl groups is 1. The molecule has 0 atom stereocenters. The van der Waals surface area contributed by atoms with Gasteiger partial charge in [0.25, 0.3) is 5.91 Å². The van der Waals surface area contributed by atoms with E-state index in [2.05, 4.69) is 5.32 Å². The Labute approximate surface area is 112 Å². The second kappa shape index (κ2) is 5.57. The summed E-state index contributed by atoms with van der Waals surface area (Å²) in [5.74, 6) is -0.119. The van der Waals surface area contributed by atoms with Crippen LogP contribution in [0, 0.1) is 6.92 Å². The Balaban J connectivity index is 2.25. The van der Waals surface area contributed by atoms with E-state index in [4.69, 9.17) is 0 Å². The van der Waals surface area contributed by atoms with E-state index in [0.717, 1.165) is 17.5 Å². The lowest BCUT2D eigenvalue weighted by atomic mass is 10.0. The van der Waals surface area contributed by atoms with Crippen LogP contribution in [-0.4, -0.2) is 11.0 Å². The SMILES string of the molecule is CCc1cc(O)c(NC(=O)c2ccccc2)cc1C. The van der Waals surface area contributed by atoms with Crippen LogP contribution >= 0.6 is 0 Å². The molecule has 0 radical (unpaired) electrons. The molecule has 0 saturated heterocycles. The van der Waals surface area contributed by atoms with Crippen molar-refractivity contribution in [3.63, 3.8) is 0 Å². The highest BCUT2D eigenvalue weighted by molar-refractivity contribution is 6.05. The minimum Gasteiger partial charge on any atom is -0.506 e. The first-order valence-electron chi connectivity index (χ1n) is 6.30. The van der Waals surface area contributed by atoms with E-state index in [1.54, 1.807) is 36.4 Å². The normalized spacial score (nSPS) is 10.2. The van der Waals surface area contributed by atoms with Crippen molar-refractivity contribution in [3.8, 4) is 5.75 Å². The number of aryl methyl sites for hydroxylation is 2. The first kappa shape index (κ1) is 13.1. The Kier molecular flexibility index (Phi) is 3.85. The molecule has 2 aromatic rings. The standard InChI is InChI=1S/C16H17NO2/c1-3-12-10-15(18)14(9-11(12)2)17-16(19)13-7-5-4-6-8-13/h4-10,18H,3H2,1-2H3,(H,17,19). The molecule has 1 amide bonds. The summed E-state index contributed by atoms with van der Waals surface area (Å²) in [4.78, 5) is 12.0. The van der Waals surface area contributed by atoms with Gasteiger partial charge in [-0.15, -0.1) is 0 Å². The molecule has 0 aliphatic carbocycles. The fourth-order valence-corrected chi connectivity index (χ4v) is 2.00. The maximum atomic E-state index is 12.0. The van der Waals surface area contributed by atoms with Crippen molar-refractivity contribution in [3.05, 3.63) is 59.2 Å². The summed E-state index contributed by atoms with van der Waals surface area (Å²) in [5.41, 5.74) is 3.15. The number of nitrogens with one attached hydrogen (secondary N) is 1. The Hall–Kier alpha value is -2.29. The summed E-state index contributed by atoms with van der Waals surface area (Å²) in [5, 5.41) is 12.7. The molecule has 0 fully saturated rings. The van der Waals surface area contributed by atoms with Crippen LogP contribution in [0.3, 0.4) is 0 Å². The molecule has 3 nitrogen and oxygen atoms in total. The van der Waals surface area contributed by atoms with Crippen LogP contribution in [0.1, 0.15) is 28.4 Å². The third kappa shape index (κ3) is 2.94. The minimum atomic E-state index is -0.223. The second-order valence-corrected chi connectivity index (χ2v) is 4.47. The molecule has 19 heavy (non-hydrogen) atoms. The zero-order chi connectivity index (χ0) is 13.8. The van der Waals surface area contributed by atoms with E-state index in [1.165, 1.54) is 0 Å². The van der Waals surface area contributed by atoms with Crippen molar-refractivity contribution in [2.45, 2.75) is 20.3 Å². The summed E-state index contributed by atoms with van der Waals surface area (Å²) >= 11 is 0. The number of benzene rings is 2. The molecule has 0 saturated carbocycles. The number of hydrogen-bond acceptors (Lipinski definition) is 2. The molecule has 0 heterocycles. The van der Waals surface area contributed by atoms with Crippen LogP contribution in [0.2, 0.25) is 0 Å². The fourth-order valence-electron chi connectivity index (χ4n) is 2.00. The fraction of sp³-hybridized carbons (Fsp3) is 0.188. The monoisotopic (exact) mass is 255 g/mol. The smallest absolute Gasteiger partial charge is 0.255 e. The van der Waals surface area contributed by atoms with E-state index >= 15 is 0 Å². The average Bonchev–Trinajstić information content (AvgIpc) is 2.43. The van der Waals surface area contributed by atoms with Crippen LogP contribution in [-0.2, 0) is 6.42 Å². The van der Waals surface area contributed by atoms with Crippen molar-refractivity contribution >= 4 is 11.6 Å². The zero-order valence-corrected chi connectivity index (χ0v) is 11.1. The van der Waals surface area contributed by atoms with Crippen molar-refractivity contribution < 1.29 is 9.90 Å². The zero-order valence-electron chi connectivity index (χ0n) is 11.1. The molecule has 98 valence electrons. The highest BCUT2D eigenvalue weighted by atomic mass is 16.3. The van der Waals surface area contributed by atoms with E-state index in [1.807, 2.05) is 19.9 Å². The highest BCUT2D eigenvalue weighted by Gasteiger charge is 2.10. The third-order valence-corrected chi connectivity index (χ3v) is 3.12. The molecule has 0 aromatic heterocycles. The largest absolute Gasteiger partial charge is 0.506 e. The van der Waals surface area contributed by atoms with Gasteiger partial charge in [-0.2, -0.15) is 0 Å². The summed E-state index contributed by atoms with van der Waals surface area (Å²) in [7, 11) is 0. The molecule has 2 N–H and O–H groups in total. The van der Waals surface area contributed by atoms with Gasteiger partial charge in [0.05, 0.1) is 5.69 Å². The van der Waals surface area contributed by atoms with Crippen LogP contribution in [0.15, 0.2) is 42.5 Å². The third-order valence-electron chi connectivity index (χ3n) is 3.12. The van der Waals surface area contributed by atoms with Gasteiger partial charge >= 0.3 is 0 Å². The van der Waals surface area contributed by atoms with Crippen molar-refractivity contribution in [1.29, 1.82) is 0 Å². The van der Waals surface area contributed by atoms with Gasteiger partial charge in [-0.1, -0.05) is 25.1 Å². The Morgan fingerprint density at radius 3 is 2.53 bits per heavy atom. The number of carbonyl (C=O) groups is 1. The van der Waals surface area contributed by atoms with E-state index < -0.39 is 0 Å². The number of rotatable bonds is 3. The van der Waals surface area contributed by atoms with Gasteiger partial charge in [0, 0.05) is 5.56 Å². The quantitative estimate of drug-likeness (QED) is 0.824. The molecule has 0 bridgehead atoms. The molecule has 0 spiro atoms. The van der Waals surface area contributed by atoms with Crippen molar-refractivity contribution in [1.82, 2.24) is 0 Å². The van der Waals surface area contributed by atoms with E-state index in [9.17, 15) is 9.90 Å². The van der Waals surface area contributed by atoms with Gasteiger partial charge in [0.2, 0.25) is 0 Å². The Morgan fingerprint density at radius 2 is 1.89 bits per heavy atom. The Morgan fingerprint density at radius 1 is 1.21 bits per heavy atom. The lowest BCUT2D eigenvalue weighted by molar-refractivity contribution is 0.102. The van der Waals surface area contributed by atoms with Gasteiger partial charge in [-0.05, 0) is 48.7 Å². The van der Waals surface area contributed by atoms with Gasteiger partial charge in [-0.25, -0.2) is 0 Å². The Bertz CT molecular complexity index is 591. The highest BCUT2D eigenvalue weighted by Crippen LogP contribution is 2.27. The van der Waals surface area contributed by atoms with Crippen LogP contribution in [0.25, 0.3) is 0 Å². The summed E-state index contributed by atoms with van der Waals surface area (Å²) in [6.45, 7) is 4.00. The van der Waals surface area contributed by atoms with Crippen molar-refractivity contribution in [2.75, 3.05) is 5.32 Å².